The number of hydrogen-bond acceptors (Lipinski definition) is 6. The van der Waals surface area contributed by atoms with Crippen LogP contribution in [0.15, 0.2) is 42.5 Å². The van der Waals surface area contributed by atoms with Crippen molar-refractivity contribution in [3.05, 3.63) is 59.3 Å². The zero-order valence-electron chi connectivity index (χ0n) is 16.2. The molecule has 0 bridgehead atoms. The number of nitrogens with one attached hydrogen (secondary N) is 1. The Morgan fingerprint density at radius 3 is 2.46 bits per heavy atom. The van der Waals surface area contributed by atoms with E-state index in [4.69, 9.17) is 14.2 Å². The molecule has 7 heteroatoms. The van der Waals surface area contributed by atoms with E-state index in [0.29, 0.717) is 36.0 Å². The average molecular weight is 381 g/mol. The monoisotopic (exact) mass is 381 g/mol. The van der Waals surface area contributed by atoms with Crippen LogP contribution in [0.5, 0.6) is 11.5 Å². The topological polar surface area (TPSA) is 86.3 Å². The minimum atomic E-state index is -0.524. The van der Waals surface area contributed by atoms with Crippen LogP contribution in [0.3, 0.4) is 0 Å². The third-order valence-electron chi connectivity index (χ3n) is 4.05. The van der Waals surface area contributed by atoms with Crippen LogP contribution in [-0.4, -0.2) is 34.6 Å². The third kappa shape index (κ3) is 4.49. The van der Waals surface area contributed by atoms with Gasteiger partial charge in [-0.15, -0.1) is 5.10 Å². The summed E-state index contributed by atoms with van der Waals surface area (Å²) in [6, 6.07) is 13.6. The number of aromatic nitrogens is 3. The van der Waals surface area contributed by atoms with E-state index in [9.17, 15) is 4.79 Å². The second kappa shape index (κ2) is 9.03. The van der Waals surface area contributed by atoms with E-state index in [1.807, 2.05) is 44.2 Å². The first-order valence-electron chi connectivity index (χ1n) is 9.15. The van der Waals surface area contributed by atoms with Crippen LogP contribution in [-0.2, 0) is 11.3 Å². The molecule has 0 amide bonds. The smallest absolute Gasteiger partial charge is 0.361 e. The van der Waals surface area contributed by atoms with Gasteiger partial charge in [0.2, 0.25) is 0 Å². The molecule has 2 aromatic carbocycles. The third-order valence-corrected chi connectivity index (χ3v) is 4.05. The number of esters is 1. The number of carbonyl (C=O) groups excluding carboxylic acids is 1. The highest BCUT2D eigenvalue weighted by molar-refractivity contribution is 5.94. The number of benzene rings is 2. The van der Waals surface area contributed by atoms with E-state index >= 15 is 0 Å². The van der Waals surface area contributed by atoms with Gasteiger partial charge in [-0.3, -0.25) is 0 Å². The number of H-pyrrole nitrogens is 1. The molecule has 1 heterocycles. The molecule has 0 atom stereocenters. The molecule has 1 N–H and O–H groups in total. The van der Waals surface area contributed by atoms with Crippen LogP contribution in [0.1, 0.15) is 35.5 Å². The van der Waals surface area contributed by atoms with Crippen molar-refractivity contribution in [1.29, 1.82) is 0 Å². The molecule has 0 unspecified atom stereocenters. The molecule has 146 valence electrons. The first-order chi connectivity index (χ1) is 13.6. The van der Waals surface area contributed by atoms with Crippen molar-refractivity contribution >= 4 is 5.97 Å². The van der Waals surface area contributed by atoms with Gasteiger partial charge in [-0.05, 0) is 44.5 Å². The Bertz CT molecular complexity index is 935. The van der Waals surface area contributed by atoms with E-state index in [1.165, 1.54) is 5.56 Å². The molecule has 7 nitrogen and oxygen atoms in total. The number of ether oxygens (including phenoxy) is 3. The van der Waals surface area contributed by atoms with E-state index in [2.05, 4.69) is 15.4 Å². The first kappa shape index (κ1) is 19.4. The number of carbonyl (C=O) groups is 1. The largest absolute Gasteiger partial charge is 0.490 e. The molecule has 3 rings (SSSR count). The Morgan fingerprint density at radius 1 is 0.964 bits per heavy atom. The summed E-state index contributed by atoms with van der Waals surface area (Å²) in [5, 5.41) is 10.5. The molecule has 0 spiro atoms. The second-order valence-electron chi connectivity index (χ2n) is 6.11. The number of hydrogen-bond donors (Lipinski definition) is 1. The predicted octanol–water partition coefficient (Wildman–Crippen LogP) is 3.93. The zero-order chi connectivity index (χ0) is 19.9. The highest BCUT2D eigenvalue weighted by Gasteiger charge is 2.20. The van der Waals surface area contributed by atoms with Gasteiger partial charge >= 0.3 is 5.97 Å². The van der Waals surface area contributed by atoms with E-state index < -0.39 is 5.97 Å². The van der Waals surface area contributed by atoms with Gasteiger partial charge in [0.15, 0.2) is 17.2 Å². The van der Waals surface area contributed by atoms with Gasteiger partial charge in [0.25, 0.3) is 0 Å². The summed E-state index contributed by atoms with van der Waals surface area (Å²) in [7, 11) is 0. The number of rotatable bonds is 8. The fraction of sp³-hybridized carbons (Fsp3) is 0.286. The van der Waals surface area contributed by atoms with E-state index in [0.717, 1.165) is 5.56 Å². The number of aromatic amines is 1. The van der Waals surface area contributed by atoms with Gasteiger partial charge in [0.05, 0.1) is 13.2 Å². The van der Waals surface area contributed by atoms with Crippen LogP contribution in [0, 0.1) is 6.92 Å². The Balaban J connectivity index is 1.84. The van der Waals surface area contributed by atoms with Crippen LogP contribution >= 0.6 is 0 Å². The van der Waals surface area contributed by atoms with Crippen molar-refractivity contribution in [3.63, 3.8) is 0 Å². The molecule has 1 aromatic heterocycles. The standard InChI is InChI=1S/C21H23N3O4/c1-4-26-18-12-16(19-20(23-24-22-19)21(25)27-5-2)10-11-17(18)28-13-15-8-6-14(3)7-9-15/h6-12H,4-5,13H2,1-3H3,(H,22,23,24). The van der Waals surface area contributed by atoms with Gasteiger partial charge in [0.1, 0.15) is 12.3 Å². The van der Waals surface area contributed by atoms with Crippen LogP contribution < -0.4 is 9.47 Å². The van der Waals surface area contributed by atoms with Gasteiger partial charge in [0, 0.05) is 5.56 Å². The van der Waals surface area contributed by atoms with Gasteiger partial charge in [-0.1, -0.05) is 29.8 Å². The van der Waals surface area contributed by atoms with E-state index in [-0.39, 0.29) is 12.3 Å². The molecule has 28 heavy (non-hydrogen) atoms. The maximum atomic E-state index is 12.1. The normalized spacial score (nSPS) is 10.5. The SMILES string of the molecule is CCOC(=O)c1n[nH]nc1-c1ccc(OCc2ccc(C)cc2)c(OCC)c1. The van der Waals surface area contributed by atoms with E-state index in [1.54, 1.807) is 19.1 Å². The van der Waals surface area contributed by atoms with Crippen molar-refractivity contribution in [2.75, 3.05) is 13.2 Å². The lowest BCUT2D eigenvalue weighted by atomic mass is 10.1. The molecule has 0 fully saturated rings. The van der Waals surface area contributed by atoms with Gasteiger partial charge in [-0.25, -0.2) is 4.79 Å². The van der Waals surface area contributed by atoms with Crippen LogP contribution in [0.4, 0.5) is 0 Å². The molecule has 0 aliphatic rings. The number of nitrogens with zero attached hydrogens (tertiary/aromatic N) is 2. The zero-order valence-corrected chi connectivity index (χ0v) is 16.2. The minimum absolute atomic E-state index is 0.137. The molecule has 0 aliphatic carbocycles. The lowest BCUT2D eigenvalue weighted by molar-refractivity contribution is 0.0520. The summed E-state index contributed by atoms with van der Waals surface area (Å²) in [6.07, 6.45) is 0. The molecular weight excluding hydrogens is 358 g/mol. The predicted molar refractivity (Wildman–Crippen MR) is 104 cm³/mol. The molecule has 3 aromatic rings. The highest BCUT2D eigenvalue weighted by Crippen LogP contribution is 2.33. The Morgan fingerprint density at radius 2 is 1.75 bits per heavy atom. The van der Waals surface area contributed by atoms with Crippen molar-refractivity contribution in [3.8, 4) is 22.8 Å². The van der Waals surface area contributed by atoms with Gasteiger partial charge in [-0.2, -0.15) is 10.3 Å². The molecule has 0 radical (unpaired) electrons. The number of aryl methyl sites for hydroxylation is 1. The summed E-state index contributed by atoms with van der Waals surface area (Å²) in [4.78, 5) is 12.1. The summed E-state index contributed by atoms with van der Waals surface area (Å²) < 4.78 is 16.7. The minimum Gasteiger partial charge on any atom is -0.490 e. The average Bonchev–Trinajstić information content (AvgIpc) is 3.19. The summed E-state index contributed by atoms with van der Waals surface area (Å²) in [5.74, 6) is 0.668. The summed E-state index contributed by atoms with van der Waals surface area (Å²) >= 11 is 0. The molecular formula is C21H23N3O4. The summed E-state index contributed by atoms with van der Waals surface area (Å²) in [5.41, 5.74) is 3.50. The highest BCUT2D eigenvalue weighted by atomic mass is 16.5. The van der Waals surface area contributed by atoms with Crippen molar-refractivity contribution in [1.82, 2.24) is 15.4 Å². The van der Waals surface area contributed by atoms with Crippen LogP contribution in [0.25, 0.3) is 11.3 Å². The fourth-order valence-electron chi connectivity index (χ4n) is 2.66. The maximum absolute atomic E-state index is 12.1. The molecule has 0 saturated heterocycles. The fourth-order valence-corrected chi connectivity index (χ4v) is 2.66. The second-order valence-corrected chi connectivity index (χ2v) is 6.11. The van der Waals surface area contributed by atoms with Crippen LogP contribution in [0.2, 0.25) is 0 Å². The molecule has 0 aliphatic heterocycles. The van der Waals surface area contributed by atoms with Crippen molar-refractivity contribution in [2.45, 2.75) is 27.4 Å². The summed E-state index contributed by atoms with van der Waals surface area (Å²) in [6.45, 7) is 6.86. The lowest BCUT2D eigenvalue weighted by Crippen LogP contribution is -2.07. The van der Waals surface area contributed by atoms with Crippen molar-refractivity contribution in [2.24, 2.45) is 0 Å². The van der Waals surface area contributed by atoms with Gasteiger partial charge < -0.3 is 14.2 Å². The molecule has 0 saturated carbocycles. The first-order valence-corrected chi connectivity index (χ1v) is 9.15. The Labute approximate surface area is 163 Å². The lowest BCUT2D eigenvalue weighted by Gasteiger charge is -2.13. The Hall–Kier alpha value is -3.35. The van der Waals surface area contributed by atoms with Crippen molar-refractivity contribution < 1.29 is 19.0 Å². The quantitative estimate of drug-likeness (QED) is 0.595. The Kier molecular flexibility index (Phi) is 6.26. The maximum Gasteiger partial charge on any atom is 0.361 e.